The molecule has 13 heavy (non-hydrogen) atoms. The van der Waals surface area contributed by atoms with Crippen molar-refractivity contribution in [3.05, 3.63) is 22.9 Å². The Hall–Kier alpha value is -1.03. The van der Waals surface area contributed by atoms with Crippen molar-refractivity contribution in [3.63, 3.8) is 0 Å². The van der Waals surface area contributed by atoms with E-state index in [0.717, 1.165) is 19.6 Å². The molecule has 1 aliphatic rings. The van der Waals surface area contributed by atoms with Crippen molar-refractivity contribution in [2.45, 2.75) is 13.0 Å². The summed E-state index contributed by atoms with van der Waals surface area (Å²) in [6.45, 7) is 2.99. The Labute approximate surface area is 77.2 Å². The van der Waals surface area contributed by atoms with Gasteiger partial charge in [-0.2, -0.15) is 0 Å². The molecule has 1 unspecified atom stereocenters. The summed E-state index contributed by atoms with van der Waals surface area (Å²) in [4.78, 5) is 11.5. The first-order valence-electron chi connectivity index (χ1n) is 4.70. The van der Waals surface area contributed by atoms with E-state index in [0.29, 0.717) is 5.92 Å². The average molecular weight is 181 g/mol. The lowest BCUT2D eigenvalue weighted by Crippen LogP contribution is -2.25. The van der Waals surface area contributed by atoms with Gasteiger partial charge in [0.15, 0.2) is 0 Å². The van der Waals surface area contributed by atoms with Crippen molar-refractivity contribution in [3.8, 4) is 0 Å². The Balaban J connectivity index is 2.09. The van der Waals surface area contributed by atoms with Crippen molar-refractivity contribution in [1.29, 1.82) is 0 Å². The van der Waals surface area contributed by atoms with Crippen LogP contribution in [0.15, 0.2) is 17.2 Å². The lowest BCUT2D eigenvalue weighted by molar-refractivity contribution is 0.469. The van der Waals surface area contributed by atoms with E-state index in [9.17, 15) is 4.79 Å². The molecule has 0 radical (unpaired) electrons. The summed E-state index contributed by atoms with van der Waals surface area (Å²) in [5, 5.41) is 3.30. The van der Waals surface area contributed by atoms with Gasteiger partial charge >= 0.3 is 5.69 Å². The van der Waals surface area contributed by atoms with Gasteiger partial charge < -0.3 is 9.88 Å². The molecule has 0 spiro atoms. The maximum Gasteiger partial charge on any atom is 0.327 e. The van der Waals surface area contributed by atoms with Crippen LogP contribution in [0.1, 0.15) is 6.42 Å². The molecule has 1 saturated heterocycles. The molecule has 72 valence electrons. The van der Waals surface area contributed by atoms with Gasteiger partial charge in [-0.05, 0) is 25.4 Å². The Morgan fingerprint density at radius 3 is 3.00 bits per heavy atom. The molecule has 2 rings (SSSR count). The molecule has 0 amide bonds. The molecule has 2 heterocycles. The molecular weight excluding hydrogens is 166 g/mol. The lowest BCUT2D eigenvalue weighted by Gasteiger charge is -2.07. The molecule has 1 aromatic rings. The van der Waals surface area contributed by atoms with Gasteiger partial charge in [-0.1, -0.05) is 0 Å². The number of nitrogens with one attached hydrogen (secondary N) is 1. The van der Waals surface area contributed by atoms with Gasteiger partial charge in [0.2, 0.25) is 0 Å². The number of aryl methyl sites for hydroxylation is 1. The largest absolute Gasteiger partial charge is 0.327 e. The fraction of sp³-hybridized carbons (Fsp3) is 0.667. The Bertz CT molecular complexity index is 333. The predicted octanol–water partition coefficient (Wildman–Crippen LogP) is -0.204. The monoisotopic (exact) mass is 181 g/mol. The summed E-state index contributed by atoms with van der Waals surface area (Å²) in [6.07, 6.45) is 4.85. The van der Waals surface area contributed by atoms with E-state index in [1.165, 1.54) is 6.42 Å². The topological polar surface area (TPSA) is 39.0 Å². The smallest absolute Gasteiger partial charge is 0.316 e. The van der Waals surface area contributed by atoms with Crippen molar-refractivity contribution in [2.75, 3.05) is 13.1 Å². The van der Waals surface area contributed by atoms with Crippen LogP contribution in [-0.2, 0) is 13.6 Å². The molecule has 0 bridgehead atoms. The molecule has 0 aromatic carbocycles. The van der Waals surface area contributed by atoms with Gasteiger partial charge in [0.1, 0.15) is 0 Å². The van der Waals surface area contributed by atoms with E-state index in [-0.39, 0.29) is 5.69 Å². The molecule has 4 heteroatoms. The maximum atomic E-state index is 11.5. The van der Waals surface area contributed by atoms with Gasteiger partial charge in [-0.25, -0.2) is 4.79 Å². The van der Waals surface area contributed by atoms with Crippen LogP contribution in [0.2, 0.25) is 0 Å². The highest BCUT2D eigenvalue weighted by molar-refractivity contribution is 4.82. The van der Waals surface area contributed by atoms with Crippen LogP contribution in [-0.4, -0.2) is 22.2 Å². The van der Waals surface area contributed by atoms with Gasteiger partial charge in [0.05, 0.1) is 0 Å². The van der Waals surface area contributed by atoms with Gasteiger partial charge in [-0.15, -0.1) is 0 Å². The first-order chi connectivity index (χ1) is 6.27. The molecule has 1 atom stereocenters. The summed E-state index contributed by atoms with van der Waals surface area (Å²) < 4.78 is 3.40. The van der Waals surface area contributed by atoms with Crippen molar-refractivity contribution < 1.29 is 0 Å². The minimum atomic E-state index is 0.0897. The quantitative estimate of drug-likeness (QED) is 0.686. The zero-order valence-corrected chi connectivity index (χ0v) is 7.86. The minimum Gasteiger partial charge on any atom is -0.316 e. The van der Waals surface area contributed by atoms with Crippen LogP contribution in [0.25, 0.3) is 0 Å². The van der Waals surface area contributed by atoms with E-state index in [1.54, 1.807) is 16.2 Å². The highest BCUT2D eigenvalue weighted by Crippen LogP contribution is 2.08. The SMILES string of the molecule is Cn1ccn(CC2CCNC2)c1=O. The number of hydrogen-bond acceptors (Lipinski definition) is 2. The number of rotatable bonds is 2. The fourth-order valence-electron chi connectivity index (χ4n) is 1.80. The van der Waals surface area contributed by atoms with Gasteiger partial charge in [-0.3, -0.25) is 4.57 Å². The number of nitrogens with zero attached hydrogens (tertiary/aromatic N) is 2. The van der Waals surface area contributed by atoms with Crippen molar-refractivity contribution in [2.24, 2.45) is 13.0 Å². The molecular formula is C9H15N3O. The van der Waals surface area contributed by atoms with Crippen LogP contribution in [0.3, 0.4) is 0 Å². The number of aromatic nitrogens is 2. The molecule has 0 saturated carbocycles. The molecule has 4 nitrogen and oxygen atoms in total. The zero-order chi connectivity index (χ0) is 9.26. The van der Waals surface area contributed by atoms with E-state index >= 15 is 0 Å². The maximum absolute atomic E-state index is 11.5. The second-order valence-electron chi connectivity index (χ2n) is 3.70. The molecule has 0 aliphatic carbocycles. The summed E-state index contributed by atoms with van der Waals surface area (Å²) >= 11 is 0. The molecule has 1 aliphatic heterocycles. The van der Waals surface area contributed by atoms with Crippen molar-refractivity contribution >= 4 is 0 Å². The Kier molecular flexibility index (Phi) is 2.22. The third-order valence-electron chi connectivity index (χ3n) is 2.63. The Morgan fingerprint density at radius 1 is 1.62 bits per heavy atom. The van der Waals surface area contributed by atoms with Gasteiger partial charge in [0, 0.05) is 26.0 Å². The second-order valence-corrected chi connectivity index (χ2v) is 3.70. The normalized spacial score (nSPS) is 22.4. The molecule has 1 fully saturated rings. The van der Waals surface area contributed by atoms with Crippen LogP contribution < -0.4 is 11.0 Å². The van der Waals surface area contributed by atoms with Crippen LogP contribution in [0.4, 0.5) is 0 Å². The summed E-state index contributed by atoms with van der Waals surface area (Å²) in [7, 11) is 1.78. The number of imidazole rings is 1. The summed E-state index contributed by atoms with van der Waals surface area (Å²) in [5.41, 5.74) is 0.0897. The van der Waals surface area contributed by atoms with E-state index in [2.05, 4.69) is 5.32 Å². The summed E-state index contributed by atoms with van der Waals surface area (Å²) in [5.74, 6) is 0.625. The minimum absolute atomic E-state index is 0.0897. The predicted molar refractivity (Wildman–Crippen MR) is 50.6 cm³/mol. The first kappa shape index (κ1) is 8.56. The molecule has 1 N–H and O–H groups in total. The van der Waals surface area contributed by atoms with Crippen molar-refractivity contribution in [1.82, 2.24) is 14.5 Å². The first-order valence-corrected chi connectivity index (χ1v) is 4.70. The van der Waals surface area contributed by atoms with Crippen LogP contribution >= 0.6 is 0 Å². The van der Waals surface area contributed by atoms with Crippen LogP contribution in [0, 0.1) is 5.92 Å². The third-order valence-corrected chi connectivity index (χ3v) is 2.63. The van der Waals surface area contributed by atoms with E-state index in [1.807, 2.05) is 12.4 Å². The Morgan fingerprint density at radius 2 is 2.46 bits per heavy atom. The van der Waals surface area contributed by atoms with Gasteiger partial charge in [0.25, 0.3) is 0 Å². The van der Waals surface area contributed by atoms with E-state index in [4.69, 9.17) is 0 Å². The standard InChI is InChI=1S/C9H15N3O/c1-11-4-5-12(9(11)13)7-8-2-3-10-6-8/h4-5,8,10H,2-3,6-7H2,1H3. The zero-order valence-electron chi connectivity index (χ0n) is 7.86. The average Bonchev–Trinajstić information content (AvgIpc) is 2.71. The third kappa shape index (κ3) is 1.67. The second kappa shape index (κ2) is 3.38. The highest BCUT2D eigenvalue weighted by Gasteiger charge is 2.15. The fourth-order valence-corrected chi connectivity index (χ4v) is 1.80. The van der Waals surface area contributed by atoms with Crippen LogP contribution in [0.5, 0.6) is 0 Å². The lowest BCUT2D eigenvalue weighted by atomic mass is 10.1. The highest BCUT2D eigenvalue weighted by atomic mass is 16.1. The molecule has 1 aromatic heterocycles. The number of hydrogen-bond donors (Lipinski definition) is 1. The van der Waals surface area contributed by atoms with E-state index < -0.39 is 0 Å². The summed E-state index contributed by atoms with van der Waals surface area (Å²) in [6, 6.07) is 0.